The molecule has 6 heteroatoms. The van der Waals surface area contributed by atoms with Crippen LogP contribution in [0, 0.1) is 11.3 Å². The van der Waals surface area contributed by atoms with E-state index in [0.29, 0.717) is 5.75 Å². The Kier molecular flexibility index (Phi) is 4.27. The number of hydrazone groups is 1. The number of aromatic nitrogens is 1. The molecular formula is C16H12N4OS. The Morgan fingerprint density at radius 1 is 1.23 bits per heavy atom. The summed E-state index contributed by atoms with van der Waals surface area (Å²) in [6.07, 6.45) is 1.71. The van der Waals surface area contributed by atoms with E-state index in [-0.39, 0.29) is 6.61 Å². The molecule has 0 unspecified atom stereocenters. The zero-order valence-corrected chi connectivity index (χ0v) is 12.4. The number of nitrogens with zero attached hydrogens (tertiary/aromatic N) is 3. The molecule has 3 rings (SSSR count). The summed E-state index contributed by atoms with van der Waals surface area (Å²) in [5.41, 5.74) is 4.82. The summed E-state index contributed by atoms with van der Waals surface area (Å²) >= 11 is 1.56. The van der Waals surface area contributed by atoms with Gasteiger partial charge in [-0.3, -0.25) is 5.43 Å². The van der Waals surface area contributed by atoms with Crippen molar-refractivity contribution < 1.29 is 4.74 Å². The fourth-order valence-electron chi connectivity index (χ4n) is 1.85. The monoisotopic (exact) mass is 308 g/mol. The second-order valence-corrected chi connectivity index (χ2v) is 5.40. The Bertz CT molecular complexity index is 800. The van der Waals surface area contributed by atoms with Crippen LogP contribution >= 0.6 is 11.3 Å². The molecule has 1 heterocycles. The highest BCUT2D eigenvalue weighted by Crippen LogP contribution is 2.25. The highest BCUT2D eigenvalue weighted by Gasteiger charge is 2.00. The minimum Gasteiger partial charge on any atom is -0.479 e. The summed E-state index contributed by atoms with van der Waals surface area (Å²) < 4.78 is 6.31. The first kappa shape index (κ1) is 14.0. The van der Waals surface area contributed by atoms with Crippen molar-refractivity contribution >= 4 is 32.9 Å². The lowest BCUT2D eigenvalue weighted by Gasteiger charge is -2.00. The molecule has 0 bridgehead atoms. The Morgan fingerprint density at radius 2 is 2.05 bits per heavy atom. The lowest BCUT2D eigenvalue weighted by molar-refractivity contribution is 0.368. The second-order valence-electron chi connectivity index (χ2n) is 4.37. The van der Waals surface area contributed by atoms with E-state index in [1.54, 1.807) is 29.7 Å². The Balaban J connectivity index is 1.63. The molecule has 0 aliphatic rings. The van der Waals surface area contributed by atoms with Crippen LogP contribution in [0.25, 0.3) is 10.2 Å². The second kappa shape index (κ2) is 6.70. The number of hydrogen-bond acceptors (Lipinski definition) is 6. The largest absolute Gasteiger partial charge is 0.479 e. The minimum atomic E-state index is 0.0482. The van der Waals surface area contributed by atoms with Crippen LogP contribution in [-0.4, -0.2) is 17.8 Å². The van der Waals surface area contributed by atoms with Gasteiger partial charge in [-0.05, 0) is 42.0 Å². The number of benzene rings is 2. The van der Waals surface area contributed by atoms with E-state index < -0.39 is 0 Å². The molecule has 3 aromatic rings. The molecular weight excluding hydrogens is 296 g/mol. The average molecular weight is 308 g/mol. The third-order valence-corrected chi connectivity index (χ3v) is 3.79. The van der Waals surface area contributed by atoms with Gasteiger partial charge in [-0.2, -0.15) is 10.4 Å². The van der Waals surface area contributed by atoms with Crippen molar-refractivity contribution in [1.29, 1.82) is 5.26 Å². The van der Waals surface area contributed by atoms with Crippen LogP contribution in [0.1, 0.15) is 5.56 Å². The van der Waals surface area contributed by atoms with Crippen molar-refractivity contribution in [3.05, 3.63) is 54.1 Å². The Morgan fingerprint density at radius 3 is 2.82 bits per heavy atom. The van der Waals surface area contributed by atoms with Crippen LogP contribution in [0.4, 0.5) is 5.13 Å². The van der Waals surface area contributed by atoms with Crippen molar-refractivity contribution in [2.45, 2.75) is 0 Å². The third-order valence-electron chi connectivity index (χ3n) is 2.85. The third kappa shape index (κ3) is 3.40. The molecule has 0 saturated carbocycles. The molecule has 5 nitrogen and oxygen atoms in total. The summed E-state index contributed by atoms with van der Waals surface area (Å²) in [7, 11) is 0. The smallest absolute Gasteiger partial charge is 0.204 e. The highest BCUT2D eigenvalue weighted by atomic mass is 32.1. The molecule has 0 fully saturated rings. The standard InChI is InChI=1S/C16H12N4OS/c17-9-10-21-13-7-5-12(6-8-13)11-18-20-16-19-14-3-1-2-4-15(14)22-16/h1-8,11H,10H2,(H,19,20)/b18-11-. The Labute approximate surface area is 131 Å². The minimum absolute atomic E-state index is 0.0482. The van der Waals surface area contributed by atoms with Gasteiger partial charge in [0.15, 0.2) is 6.61 Å². The van der Waals surface area contributed by atoms with Crippen LogP contribution in [0.5, 0.6) is 5.75 Å². The zero-order chi connectivity index (χ0) is 15.2. The number of para-hydroxylation sites is 1. The van der Waals surface area contributed by atoms with Gasteiger partial charge in [0.1, 0.15) is 11.8 Å². The molecule has 0 atom stereocenters. The lowest BCUT2D eigenvalue weighted by atomic mass is 10.2. The maximum Gasteiger partial charge on any atom is 0.204 e. The molecule has 2 aromatic carbocycles. The molecule has 22 heavy (non-hydrogen) atoms. The molecule has 0 amide bonds. The average Bonchev–Trinajstić information content (AvgIpc) is 2.97. The lowest BCUT2D eigenvalue weighted by Crippen LogP contribution is -1.94. The summed E-state index contributed by atoms with van der Waals surface area (Å²) in [4.78, 5) is 4.43. The first-order valence-electron chi connectivity index (χ1n) is 6.59. The van der Waals surface area contributed by atoms with Gasteiger partial charge in [-0.1, -0.05) is 23.5 Å². The van der Waals surface area contributed by atoms with Gasteiger partial charge in [0.2, 0.25) is 5.13 Å². The molecule has 0 aliphatic heterocycles. The van der Waals surface area contributed by atoms with Gasteiger partial charge in [0, 0.05) is 0 Å². The normalized spacial score (nSPS) is 10.7. The van der Waals surface area contributed by atoms with Gasteiger partial charge in [0.05, 0.1) is 16.4 Å². The zero-order valence-electron chi connectivity index (χ0n) is 11.6. The van der Waals surface area contributed by atoms with Gasteiger partial charge >= 0.3 is 0 Å². The van der Waals surface area contributed by atoms with E-state index >= 15 is 0 Å². The van der Waals surface area contributed by atoms with Crippen LogP contribution in [0.2, 0.25) is 0 Å². The molecule has 1 aromatic heterocycles. The van der Waals surface area contributed by atoms with E-state index in [1.807, 2.05) is 42.5 Å². The SMILES string of the molecule is N#CCOc1ccc(/C=N\Nc2nc3ccccc3s2)cc1. The molecule has 1 N–H and O–H groups in total. The first-order chi connectivity index (χ1) is 10.8. The van der Waals surface area contributed by atoms with Crippen molar-refractivity contribution in [2.75, 3.05) is 12.0 Å². The van der Waals surface area contributed by atoms with Crippen molar-refractivity contribution in [3.8, 4) is 11.8 Å². The summed E-state index contributed by atoms with van der Waals surface area (Å²) in [6.45, 7) is 0.0482. The van der Waals surface area contributed by atoms with E-state index in [4.69, 9.17) is 10.00 Å². The van der Waals surface area contributed by atoms with Gasteiger partial charge in [-0.25, -0.2) is 4.98 Å². The topological polar surface area (TPSA) is 70.3 Å². The predicted octanol–water partition coefficient (Wildman–Crippen LogP) is 3.64. The number of fused-ring (bicyclic) bond motifs is 1. The van der Waals surface area contributed by atoms with Crippen molar-refractivity contribution in [1.82, 2.24) is 4.98 Å². The number of nitriles is 1. The predicted molar refractivity (Wildman–Crippen MR) is 88.4 cm³/mol. The van der Waals surface area contributed by atoms with E-state index in [1.165, 1.54) is 0 Å². The quantitative estimate of drug-likeness (QED) is 0.577. The van der Waals surface area contributed by atoms with Crippen LogP contribution in [-0.2, 0) is 0 Å². The maximum atomic E-state index is 8.45. The number of anilines is 1. The van der Waals surface area contributed by atoms with Crippen LogP contribution in [0.3, 0.4) is 0 Å². The van der Waals surface area contributed by atoms with Gasteiger partial charge < -0.3 is 4.74 Å². The van der Waals surface area contributed by atoms with Gasteiger partial charge in [-0.15, -0.1) is 0 Å². The molecule has 0 spiro atoms. The molecule has 0 aliphatic carbocycles. The first-order valence-corrected chi connectivity index (χ1v) is 7.41. The number of hydrogen-bond donors (Lipinski definition) is 1. The van der Waals surface area contributed by atoms with Crippen molar-refractivity contribution in [2.24, 2.45) is 5.10 Å². The number of thiazole rings is 1. The van der Waals surface area contributed by atoms with E-state index in [9.17, 15) is 0 Å². The highest BCUT2D eigenvalue weighted by molar-refractivity contribution is 7.22. The molecule has 108 valence electrons. The van der Waals surface area contributed by atoms with E-state index in [0.717, 1.165) is 20.9 Å². The Hall–Kier alpha value is -2.91. The molecule has 0 radical (unpaired) electrons. The summed E-state index contributed by atoms with van der Waals surface area (Å²) in [5, 5.41) is 13.4. The maximum absolute atomic E-state index is 8.45. The van der Waals surface area contributed by atoms with Crippen LogP contribution in [0.15, 0.2) is 53.6 Å². The van der Waals surface area contributed by atoms with Gasteiger partial charge in [0.25, 0.3) is 0 Å². The number of rotatable bonds is 5. The number of nitrogens with one attached hydrogen (secondary N) is 1. The van der Waals surface area contributed by atoms with Crippen LogP contribution < -0.4 is 10.2 Å². The number of ether oxygens (including phenoxy) is 1. The van der Waals surface area contributed by atoms with E-state index in [2.05, 4.69) is 15.5 Å². The summed E-state index contributed by atoms with van der Waals surface area (Å²) in [6, 6.07) is 17.2. The van der Waals surface area contributed by atoms with Crippen molar-refractivity contribution in [3.63, 3.8) is 0 Å². The summed E-state index contributed by atoms with van der Waals surface area (Å²) in [5.74, 6) is 0.665. The molecule has 0 saturated heterocycles. The fourth-order valence-corrected chi connectivity index (χ4v) is 2.66. The fraction of sp³-hybridized carbons (Fsp3) is 0.0625.